The summed E-state index contributed by atoms with van der Waals surface area (Å²) in [6, 6.07) is 4.71. The first-order valence-corrected chi connectivity index (χ1v) is 12.0. The molecule has 1 aromatic heterocycles. The number of methoxy groups -OCH3 is 1. The average molecular weight is 437 g/mol. The summed E-state index contributed by atoms with van der Waals surface area (Å²) in [7, 11) is -2.32. The lowest BCUT2D eigenvalue weighted by Gasteiger charge is -2.26. The zero-order chi connectivity index (χ0) is 20.4. The maximum atomic E-state index is 13.1. The number of morpholine rings is 1. The van der Waals surface area contributed by atoms with Crippen LogP contribution in [0.5, 0.6) is 5.75 Å². The Morgan fingerprint density at radius 2 is 1.97 bits per heavy atom. The van der Waals surface area contributed by atoms with Crippen molar-refractivity contribution in [1.29, 1.82) is 0 Å². The van der Waals surface area contributed by atoms with E-state index >= 15 is 0 Å². The van der Waals surface area contributed by atoms with Crippen molar-refractivity contribution in [1.82, 2.24) is 4.31 Å². The standard InChI is InChI=1S/C20H24N2O5S2/c1-26-17-7-6-14(12-19(17)29(24,25)22-8-10-27-11-9-22)21-20(23)16-13-28-18-5-3-2-4-15(16)18/h6-7,12-13H,2-5,8-11H2,1H3,(H,21,23). The van der Waals surface area contributed by atoms with E-state index < -0.39 is 10.0 Å². The third kappa shape index (κ3) is 4.05. The van der Waals surface area contributed by atoms with Crippen LogP contribution < -0.4 is 10.1 Å². The molecule has 1 aromatic carbocycles. The topological polar surface area (TPSA) is 84.9 Å². The van der Waals surface area contributed by atoms with Crippen molar-refractivity contribution in [3.8, 4) is 5.75 Å². The molecule has 0 saturated carbocycles. The lowest BCUT2D eigenvalue weighted by molar-refractivity contribution is 0.0729. The Kier molecular flexibility index (Phi) is 5.91. The van der Waals surface area contributed by atoms with Gasteiger partial charge in [0.25, 0.3) is 5.91 Å². The molecule has 0 unspecified atom stereocenters. The molecule has 4 rings (SSSR count). The highest BCUT2D eigenvalue weighted by Crippen LogP contribution is 2.33. The van der Waals surface area contributed by atoms with E-state index in [0.29, 0.717) is 37.6 Å². The second kappa shape index (κ2) is 8.43. The van der Waals surface area contributed by atoms with Crippen LogP contribution in [0, 0.1) is 0 Å². The molecule has 2 aliphatic rings. The Bertz CT molecular complexity index is 1010. The van der Waals surface area contributed by atoms with Gasteiger partial charge in [-0.05, 0) is 49.4 Å². The molecule has 1 aliphatic heterocycles. The van der Waals surface area contributed by atoms with E-state index in [9.17, 15) is 13.2 Å². The van der Waals surface area contributed by atoms with Crippen LogP contribution in [0.25, 0.3) is 0 Å². The molecule has 1 N–H and O–H groups in total. The summed E-state index contributed by atoms with van der Waals surface area (Å²) in [6.07, 6.45) is 4.20. The Balaban J connectivity index is 1.61. The Morgan fingerprint density at radius 1 is 1.21 bits per heavy atom. The summed E-state index contributed by atoms with van der Waals surface area (Å²) >= 11 is 1.63. The number of anilines is 1. The van der Waals surface area contributed by atoms with Gasteiger partial charge in [-0.15, -0.1) is 11.3 Å². The highest BCUT2D eigenvalue weighted by atomic mass is 32.2. The Morgan fingerprint density at radius 3 is 2.72 bits per heavy atom. The van der Waals surface area contributed by atoms with E-state index in [0.717, 1.165) is 31.2 Å². The predicted molar refractivity (Wildman–Crippen MR) is 111 cm³/mol. The molecule has 1 amide bonds. The van der Waals surface area contributed by atoms with Gasteiger partial charge in [-0.25, -0.2) is 8.42 Å². The number of amides is 1. The van der Waals surface area contributed by atoms with Gasteiger partial charge in [-0.3, -0.25) is 4.79 Å². The van der Waals surface area contributed by atoms with Crippen LogP contribution in [0.3, 0.4) is 0 Å². The maximum Gasteiger partial charge on any atom is 0.256 e. The molecule has 0 bridgehead atoms. The number of fused-ring (bicyclic) bond motifs is 1. The predicted octanol–water partition coefficient (Wildman–Crippen LogP) is 2.91. The first-order valence-electron chi connectivity index (χ1n) is 9.67. The number of hydrogen-bond acceptors (Lipinski definition) is 6. The number of nitrogens with zero attached hydrogens (tertiary/aromatic N) is 1. The van der Waals surface area contributed by atoms with Gasteiger partial charge in [0.15, 0.2) is 0 Å². The van der Waals surface area contributed by atoms with Gasteiger partial charge in [0.05, 0.1) is 25.9 Å². The first kappa shape index (κ1) is 20.3. The van der Waals surface area contributed by atoms with Gasteiger partial charge in [0.1, 0.15) is 10.6 Å². The molecule has 0 atom stereocenters. The molecule has 0 spiro atoms. The second-order valence-electron chi connectivity index (χ2n) is 7.09. The van der Waals surface area contributed by atoms with Gasteiger partial charge in [0.2, 0.25) is 10.0 Å². The van der Waals surface area contributed by atoms with Gasteiger partial charge in [0, 0.05) is 29.0 Å². The molecular formula is C20H24N2O5S2. The van der Waals surface area contributed by atoms with E-state index in [1.807, 2.05) is 5.38 Å². The highest BCUT2D eigenvalue weighted by molar-refractivity contribution is 7.89. The van der Waals surface area contributed by atoms with Crippen LogP contribution in [0.1, 0.15) is 33.6 Å². The van der Waals surface area contributed by atoms with Crippen molar-refractivity contribution in [2.45, 2.75) is 30.6 Å². The fraction of sp³-hybridized carbons (Fsp3) is 0.450. The van der Waals surface area contributed by atoms with Crippen LogP contribution in [0.2, 0.25) is 0 Å². The molecule has 1 fully saturated rings. The van der Waals surface area contributed by atoms with Gasteiger partial charge in [-0.2, -0.15) is 4.31 Å². The molecule has 29 heavy (non-hydrogen) atoms. The van der Waals surface area contributed by atoms with E-state index in [1.165, 1.54) is 22.4 Å². The number of benzene rings is 1. The van der Waals surface area contributed by atoms with Crippen molar-refractivity contribution in [3.63, 3.8) is 0 Å². The molecule has 9 heteroatoms. The summed E-state index contributed by atoms with van der Waals surface area (Å²) in [5, 5.41) is 4.77. The quantitative estimate of drug-likeness (QED) is 0.779. The molecule has 7 nitrogen and oxygen atoms in total. The molecule has 2 heterocycles. The van der Waals surface area contributed by atoms with Crippen molar-refractivity contribution < 1.29 is 22.7 Å². The van der Waals surface area contributed by atoms with Gasteiger partial charge in [-0.1, -0.05) is 0 Å². The third-order valence-corrected chi connectivity index (χ3v) is 8.32. The largest absolute Gasteiger partial charge is 0.495 e. The number of sulfonamides is 1. The number of carbonyl (C=O) groups excluding carboxylic acids is 1. The lowest BCUT2D eigenvalue weighted by atomic mass is 9.95. The average Bonchev–Trinajstić information content (AvgIpc) is 3.18. The highest BCUT2D eigenvalue weighted by Gasteiger charge is 2.30. The number of ether oxygens (including phenoxy) is 2. The van der Waals surface area contributed by atoms with Crippen LogP contribution >= 0.6 is 11.3 Å². The van der Waals surface area contributed by atoms with E-state index in [-0.39, 0.29) is 16.6 Å². The molecule has 0 radical (unpaired) electrons. The number of hydrogen-bond donors (Lipinski definition) is 1. The fourth-order valence-electron chi connectivity index (χ4n) is 3.76. The lowest BCUT2D eigenvalue weighted by Crippen LogP contribution is -2.40. The summed E-state index contributed by atoms with van der Waals surface area (Å²) in [6.45, 7) is 1.31. The van der Waals surface area contributed by atoms with Crippen molar-refractivity contribution in [3.05, 3.63) is 39.6 Å². The van der Waals surface area contributed by atoms with Crippen LogP contribution in [-0.4, -0.2) is 52.0 Å². The van der Waals surface area contributed by atoms with Crippen molar-refractivity contribution >= 4 is 33.0 Å². The Hall–Kier alpha value is -1.94. The van der Waals surface area contributed by atoms with Crippen LogP contribution in [-0.2, 0) is 27.6 Å². The molecule has 2 aromatic rings. The van der Waals surface area contributed by atoms with E-state index in [4.69, 9.17) is 9.47 Å². The first-order chi connectivity index (χ1) is 14.0. The SMILES string of the molecule is COc1ccc(NC(=O)c2csc3c2CCCC3)cc1S(=O)(=O)N1CCOCC1. The van der Waals surface area contributed by atoms with Crippen molar-refractivity contribution in [2.75, 3.05) is 38.7 Å². The number of rotatable bonds is 5. The van der Waals surface area contributed by atoms with E-state index in [2.05, 4.69) is 5.32 Å². The monoisotopic (exact) mass is 436 g/mol. The number of aryl methyl sites for hydroxylation is 1. The zero-order valence-electron chi connectivity index (χ0n) is 16.3. The number of nitrogens with one attached hydrogen (secondary N) is 1. The van der Waals surface area contributed by atoms with Crippen LogP contribution in [0.4, 0.5) is 5.69 Å². The smallest absolute Gasteiger partial charge is 0.256 e. The summed E-state index contributed by atoms with van der Waals surface area (Å²) in [5.74, 6) is 0.0479. The molecular weight excluding hydrogens is 412 g/mol. The normalized spacial score (nSPS) is 17.6. The van der Waals surface area contributed by atoms with Crippen molar-refractivity contribution in [2.24, 2.45) is 0 Å². The van der Waals surface area contributed by atoms with Gasteiger partial charge < -0.3 is 14.8 Å². The second-order valence-corrected chi connectivity index (χ2v) is 9.96. The molecule has 1 aliphatic carbocycles. The third-order valence-electron chi connectivity index (χ3n) is 5.32. The minimum absolute atomic E-state index is 0.0482. The van der Waals surface area contributed by atoms with Gasteiger partial charge >= 0.3 is 0 Å². The summed E-state index contributed by atoms with van der Waals surface area (Å²) < 4.78 is 38.1. The van der Waals surface area contributed by atoms with Crippen LogP contribution in [0.15, 0.2) is 28.5 Å². The fourth-order valence-corrected chi connectivity index (χ4v) is 6.48. The van der Waals surface area contributed by atoms with E-state index in [1.54, 1.807) is 23.5 Å². The Labute approximate surface area is 174 Å². The summed E-state index contributed by atoms with van der Waals surface area (Å²) in [4.78, 5) is 14.2. The minimum Gasteiger partial charge on any atom is -0.495 e. The number of thiophene rings is 1. The number of carbonyl (C=O) groups is 1. The maximum absolute atomic E-state index is 13.1. The minimum atomic E-state index is -3.75. The summed E-state index contributed by atoms with van der Waals surface area (Å²) in [5.41, 5.74) is 2.25. The molecule has 1 saturated heterocycles. The zero-order valence-corrected chi connectivity index (χ0v) is 17.9. The molecule has 156 valence electrons.